The van der Waals surface area contributed by atoms with Crippen LogP contribution in [0.1, 0.15) is 24.3 Å². The first-order valence-corrected chi connectivity index (χ1v) is 6.60. The quantitative estimate of drug-likeness (QED) is 0.906. The Balaban J connectivity index is 2.52. The van der Waals surface area contributed by atoms with Crippen LogP contribution >= 0.6 is 0 Å². The minimum absolute atomic E-state index is 0.316. The van der Waals surface area contributed by atoms with Crippen LogP contribution in [-0.2, 0) is 6.54 Å². The highest BCUT2D eigenvalue weighted by Crippen LogP contribution is 2.27. The number of ether oxygens (including phenoxy) is 1. The Morgan fingerprint density at radius 3 is 2.65 bits per heavy atom. The number of hydrogen-bond donors (Lipinski definition) is 1. The van der Waals surface area contributed by atoms with E-state index < -0.39 is 5.97 Å². The van der Waals surface area contributed by atoms with Gasteiger partial charge in [0.15, 0.2) is 0 Å². The van der Waals surface area contributed by atoms with Crippen LogP contribution in [0.2, 0.25) is 0 Å². The maximum Gasteiger partial charge on any atom is 0.352 e. The van der Waals surface area contributed by atoms with Crippen molar-refractivity contribution in [3.8, 4) is 17.0 Å². The molecular formula is C16H19NO3. The lowest BCUT2D eigenvalue weighted by molar-refractivity contribution is 0.0684. The Labute approximate surface area is 118 Å². The van der Waals surface area contributed by atoms with Gasteiger partial charge in [-0.1, -0.05) is 26.0 Å². The van der Waals surface area contributed by atoms with Crippen LogP contribution in [0.25, 0.3) is 11.3 Å². The van der Waals surface area contributed by atoms with E-state index in [0.717, 1.165) is 17.0 Å². The summed E-state index contributed by atoms with van der Waals surface area (Å²) < 4.78 is 7.07. The molecule has 0 aliphatic rings. The third-order valence-electron chi connectivity index (χ3n) is 3.11. The first kappa shape index (κ1) is 14.2. The lowest BCUT2D eigenvalue weighted by atomic mass is 10.1. The van der Waals surface area contributed by atoms with Crippen LogP contribution in [0.4, 0.5) is 0 Å². The van der Waals surface area contributed by atoms with Crippen molar-refractivity contribution >= 4 is 5.97 Å². The van der Waals surface area contributed by atoms with Gasteiger partial charge in [0, 0.05) is 17.8 Å². The molecule has 0 saturated carbocycles. The number of carboxylic acids is 1. The number of rotatable bonds is 5. The lowest BCUT2D eigenvalue weighted by Gasteiger charge is -2.14. The monoisotopic (exact) mass is 273 g/mol. The summed E-state index contributed by atoms with van der Waals surface area (Å²) in [5, 5.41) is 9.29. The van der Waals surface area contributed by atoms with Crippen molar-refractivity contribution in [3.05, 3.63) is 42.1 Å². The van der Waals surface area contributed by atoms with Crippen LogP contribution in [0.15, 0.2) is 36.4 Å². The van der Waals surface area contributed by atoms with E-state index >= 15 is 0 Å². The minimum atomic E-state index is -0.903. The summed E-state index contributed by atoms with van der Waals surface area (Å²) in [4.78, 5) is 11.3. The third-order valence-corrected chi connectivity index (χ3v) is 3.11. The number of methoxy groups -OCH3 is 1. The standard InChI is InChI=1S/C16H19NO3/c1-11(2)10-17-14(7-8-15(17)16(18)19)12-5-4-6-13(9-12)20-3/h4-9,11H,10H2,1-3H3,(H,18,19). The maximum atomic E-state index is 11.3. The molecule has 106 valence electrons. The van der Waals surface area contributed by atoms with Crippen molar-refractivity contribution in [2.24, 2.45) is 5.92 Å². The average molecular weight is 273 g/mol. The molecule has 0 fully saturated rings. The van der Waals surface area contributed by atoms with E-state index in [0.29, 0.717) is 18.2 Å². The molecule has 0 spiro atoms. The van der Waals surface area contributed by atoms with E-state index in [1.54, 1.807) is 13.2 Å². The Morgan fingerprint density at radius 2 is 2.05 bits per heavy atom. The van der Waals surface area contributed by atoms with E-state index in [1.807, 2.05) is 34.9 Å². The third kappa shape index (κ3) is 2.85. The molecule has 2 aromatic rings. The molecule has 4 nitrogen and oxygen atoms in total. The summed E-state index contributed by atoms with van der Waals surface area (Å²) >= 11 is 0. The van der Waals surface area contributed by atoms with Crippen LogP contribution in [0.3, 0.4) is 0 Å². The second-order valence-electron chi connectivity index (χ2n) is 5.15. The fraction of sp³-hybridized carbons (Fsp3) is 0.312. The van der Waals surface area contributed by atoms with Crippen LogP contribution < -0.4 is 4.74 Å². The topological polar surface area (TPSA) is 51.5 Å². The molecule has 0 unspecified atom stereocenters. The molecule has 1 aromatic carbocycles. The molecule has 4 heteroatoms. The summed E-state index contributed by atoms with van der Waals surface area (Å²) in [7, 11) is 1.62. The van der Waals surface area contributed by atoms with Gasteiger partial charge >= 0.3 is 5.97 Å². The van der Waals surface area contributed by atoms with Gasteiger partial charge in [-0.3, -0.25) is 0 Å². The van der Waals surface area contributed by atoms with Gasteiger partial charge < -0.3 is 14.4 Å². The van der Waals surface area contributed by atoms with Crippen molar-refractivity contribution in [2.75, 3.05) is 7.11 Å². The van der Waals surface area contributed by atoms with Crippen LogP contribution in [0, 0.1) is 5.92 Å². The Morgan fingerprint density at radius 1 is 1.30 bits per heavy atom. The molecule has 0 bridgehead atoms. The minimum Gasteiger partial charge on any atom is -0.497 e. The van der Waals surface area contributed by atoms with Gasteiger partial charge in [-0.15, -0.1) is 0 Å². The van der Waals surface area contributed by atoms with Crippen LogP contribution in [-0.4, -0.2) is 22.8 Å². The van der Waals surface area contributed by atoms with Gasteiger partial charge in [-0.2, -0.15) is 0 Å². The normalized spacial score (nSPS) is 10.8. The number of nitrogens with zero attached hydrogens (tertiary/aromatic N) is 1. The van der Waals surface area contributed by atoms with Crippen molar-refractivity contribution in [1.82, 2.24) is 4.57 Å². The molecule has 0 atom stereocenters. The Hall–Kier alpha value is -2.23. The number of carbonyl (C=O) groups is 1. The molecule has 0 aliphatic carbocycles. The number of hydrogen-bond acceptors (Lipinski definition) is 2. The zero-order valence-electron chi connectivity index (χ0n) is 12.0. The van der Waals surface area contributed by atoms with E-state index in [1.165, 1.54) is 0 Å². The lowest BCUT2D eigenvalue weighted by Crippen LogP contribution is -2.13. The molecule has 0 amide bonds. The van der Waals surface area contributed by atoms with Crippen molar-refractivity contribution in [2.45, 2.75) is 20.4 Å². The van der Waals surface area contributed by atoms with E-state index in [9.17, 15) is 9.90 Å². The molecule has 0 saturated heterocycles. The molecule has 1 N–H and O–H groups in total. The molecule has 1 aromatic heterocycles. The largest absolute Gasteiger partial charge is 0.497 e. The molecule has 2 rings (SSSR count). The van der Waals surface area contributed by atoms with E-state index in [-0.39, 0.29) is 0 Å². The summed E-state index contributed by atoms with van der Waals surface area (Å²) in [6.45, 7) is 4.81. The summed E-state index contributed by atoms with van der Waals surface area (Å²) in [5.41, 5.74) is 2.17. The molecular weight excluding hydrogens is 254 g/mol. The van der Waals surface area contributed by atoms with Gasteiger partial charge in [-0.05, 0) is 30.2 Å². The number of benzene rings is 1. The number of carboxylic acid groups (broad SMARTS) is 1. The summed E-state index contributed by atoms with van der Waals surface area (Å²) in [6.07, 6.45) is 0. The summed E-state index contributed by atoms with van der Waals surface area (Å²) in [6, 6.07) is 11.1. The number of aromatic nitrogens is 1. The van der Waals surface area contributed by atoms with Crippen molar-refractivity contribution in [1.29, 1.82) is 0 Å². The smallest absolute Gasteiger partial charge is 0.352 e. The average Bonchev–Trinajstić information content (AvgIpc) is 2.81. The van der Waals surface area contributed by atoms with Crippen molar-refractivity contribution in [3.63, 3.8) is 0 Å². The first-order chi connectivity index (χ1) is 9.52. The molecule has 0 aliphatic heterocycles. The van der Waals surface area contributed by atoms with Gasteiger partial charge in [0.05, 0.1) is 7.11 Å². The second-order valence-corrected chi connectivity index (χ2v) is 5.15. The predicted octanol–water partition coefficient (Wildman–Crippen LogP) is 3.52. The maximum absolute atomic E-state index is 11.3. The van der Waals surface area contributed by atoms with E-state index in [2.05, 4.69) is 13.8 Å². The van der Waals surface area contributed by atoms with E-state index in [4.69, 9.17) is 4.74 Å². The highest BCUT2D eigenvalue weighted by atomic mass is 16.5. The molecule has 0 radical (unpaired) electrons. The summed E-state index contributed by atoms with van der Waals surface area (Å²) in [5.74, 6) is 0.223. The first-order valence-electron chi connectivity index (χ1n) is 6.60. The van der Waals surface area contributed by atoms with Crippen molar-refractivity contribution < 1.29 is 14.6 Å². The van der Waals surface area contributed by atoms with Gasteiger partial charge in [-0.25, -0.2) is 4.79 Å². The van der Waals surface area contributed by atoms with Gasteiger partial charge in [0.1, 0.15) is 11.4 Å². The molecule has 20 heavy (non-hydrogen) atoms. The highest BCUT2D eigenvalue weighted by Gasteiger charge is 2.16. The fourth-order valence-electron chi connectivity index (χ4n) is 2.25. The highest BCUT2D eigenvalue weighted by molar-refractivity contribution is 5.87. The predicted molar refractivity (Wildman–Crippen MR) is 78.2 cm³/mol. The molecule has 1 heterocycles. The zero-order chi connectivity index (χ0) is 14.7. The van der Waals surface area contributed by atoms with Gasteiger partial charge in [0.25, 0.3) is 0 Å². The Kier molecular flexibility index (Phi) is 4.13. The Bertz CT molecular complexity index is 614. The zero-order valence-corrected chi connectivity index (χ0v) is 12.0. The van der Waals surface area contributed by atoms with Crippen LogP contribution in [0.5, 0.6) is 5.75 Å². The second kappa shape index (κ2) is 5.82. The fourth-order valence-corrected chi connectivity index (χ4v) is 2.25. The number of aromatic carboxylic acids is 1. The SMILES string of the molecule is COc1cccc(-c2ccc(C(=O)O)n2CC(C)C)c1. The van der Waals surface area contributed by atoms with Gasteiger partial charge in [0.2, 0.25) is 0 Å².